The molecule has 2 unspecified atom stereocenters. The van der Waals surface area contributed by atoms with Crippen molar-refractivity contribution >= 4 is 50.9 Å². The van der Waals surface area contributed by atoms with Crippen molar-refractivity contribution in [2.45, 2.75) is 111 Å². The van der Waals surface area contributed by atoms with Gasteiger partial charge >= 0.3 is 16.8 Å². The van der Waals surface area contributed by atoms with Crippen LogP contribution in [0.15, 0.2) is 34.3 Å². The van der Waals surface area contributed by atoms with Crippen molar-refractivity contribution in [2.75, 3.05) is 0 Å². The third-order valence-corrected chi connectivity index (χ3v) is 11.2. The molecule has 1 fully saturated rings. The summed E-state index contributed by atoms with van der Waals surface area (Å²) in [6, 6.07) is 9.05. The van der Waals surface area contributed by atoms with E-state index in [4.69, 9.17) is 29.8 Å². The van der Waals surface area contributed by atoms with Crippen molar-refractivity contribution in [1.29, 1.82) is 0 Å². The Kier molecular flexibility index (Phi) is 17.1. The fourth-order valence-electron chi connectivity index (χ4n) is 4.62. The number of carboxylic acids is 2. The first kappa shape index (κ1) is 41.3. The maximum absolute atomic E-state index is 10.7. The van der Waals surface area contributed by atoms with E-state index in [-0.39, 0.29) is 28.9 Å². The number of phenols is 2. The Morgan fingerprint density at radius 1 is 0.750 bits per heavy atom. The topological polar surface area (TPSA) is 145 Å². The Morgan fingerprint density at radius 3 is 1.30 bits per heavy atom. The summed E-state index contributed by atoms with van der Waals surface area (Å²) in [5, 5.41) is 42.0. The molecule has 0 saturated heterocycles. The van der Waals surface area contributed by atoms with Crippen LogP contribution in [0, 0.1) is 0 Å². The second-order valence-corrected chi connectivity index (χ2v) is 23.2. The number of aromatic hydroxyl groups is 2. The summed E-state index contributed by atoms with van der Waals surface area (Å²) in [4.78, 5) is 27.5. The average Bonchev–Trinajstić information content (AvgIpc) is 3.33. The molecule has 0 heterocycles. The van der Waals surface area contributed by atoms with Crippen LogP contribution >= 0.6 is 0 Å². The molecule has 0 amide bonds. The van der Waals surface area contributed by atoms with Crippen LogP contribution in [0.4, 0.5) is 0 Å². The molecule has 1 radical (unpaired) electrons. The first-order valence-corrected chi connectivity index (χ1v) is 21.9. The molecule has 1 saturated carbocycles. The van der Waals surface area contributed by atoms with Crippen LogP contribution in [0.5, 0.6) is 11.5 Å². The predicted octanol–water partition coefficient (Wildman–Crippen LogP) is 3.28. The number of hydrogen-bond acceptors (Lipinski definition) is 8. The minimum absolute atomic E-state index is 0. The van der Waals surface area contributed by atoms with Gasteiger partial charge in [-0.15, -0.1) is 0 Å². The van der Waals surface area contributed by atoms with Gasteiger partial charge in [-0.1, -0.05) is 87.8 Å². The van der Waals surface area contributed by atoms with Gasteiger partial charge < -0.3 is 30.0 Å². The molecule has 8 nitrogen and oxygen atoms in total. The number of rotatable bonds is 8. The molecule has 2 N–H and O–H groups in total. The van der Waals surface area contributed by atoms with E-state index in [2.05, 4.69) is 77.4 Å². The van der Waals surface area contributed by atoms with E-state index >= 15 is 0 Å². The summed E-state index contributed by atoms with van der Waals surface area (Å²) in [6.45, 7) is 20.1. The van der Waals surface area contributed by atoms with Gasteiger partial charge in [-0.05, 0) is 57.1 Å². The molecule has 0 aromatic heterocycles. The fourth-order valence-corrected chi connectivity index (χ4v) is 7.01. The van der Waals surface area contributed by atoms with Gasteiger partial charge in [0, 0.05) is 35.5 Å². The smallest absolute Gasteiger partial charge is 0.550 e. The normalized spacial score (nSPS) is 16.5. The summed E-state index contributed by atoms with van der Waals surface area (Å²) in [6.07, 6.45) is 8.28. The molecular formula is C33H50CoN2O6Si2. The number of hydrogen-bond donors (Lipinski definition) is 2. The summed E-state index contributed by atoms with van der Waals surface area (Å²) in [5.41, 5.74) is 3.70. The van der Waals surface area contributed by atoms with Crippen molar-refractivity contribution in [2.24, 2.45) is 9.98 Å². The van der Waals surface area contributed by atoms with Gasteiger partial charge in [0.15, 0.2) is 0 Å². The van der Waals surface area contributed by atoms with E-state index in [1.54, 1.807) is 0 Å². The number of nitrogens with zero attached hydrogens (tertiary/aromatic N) is 2. The van der Waals surface area contributed by atoms with Crippen LogP contribution < -0.4 is 20.6 Å². The summed E-state index contributed by atoms with van der Waals surface area (Å²) >= 11 is 0. The molecule has 2 aromatic carbocycles. The number of phenolic OH excluding ortho intramolecular Hbond substituents is 2. The second kappa shape index (κ2) is 18.3. The van der Waals surface area contributed by atoms with Crippen LogP contribution in [-0.4, -0.2) is 62.8 Å². The standard InChI is InChI=1S/C29H44N2O2Si2.2C2H4O2.Co/c1-9-20-13-26(34(3,4)5)15-22(28(20)32)18-30-24-11-12-25(17-24)31-19-23-16-27(35(6,7)8)14-21(10-2)29(23)33;2*1-2(3)4;/h13-16,18-19,24-25,32-33H,9-12,17H2,1-8H3;2*1H3,(H,3,4);/q;;;+2/p-2. The molecule has 44 heavy (non-hydrogen) atoms. The molecule has 1 aliphatic carbocycles. The molecule has 0 spiro atoms. The van der Waals surface area contributed by atoms with E-state index in [0.29, 0.717) is 11.5 Å². The van der Waals surface area contributed by atoms with Crippen molar-refractivity contribution in [1.82, 2.24) is 0 Å². The number of carbonyl (C=O) groups excluding carboxylic acids is 2. The van der Waals surface area contributed by atoms with E-state index in [1.807, 2.05) is 12.4 Å². The minimum atomic E-state index is -1.49. The number of benzene rings is 2. The van der Waals surface area contributed by atoms with Crippen molar-refractivity contribution in [3.8, 4) is 11.5 Å². The maximum atomic E-state index is 10.7. The number of carboxylic acid groups (broad SMARTS) is 2. The zero-order valence-corrected chi connectivity index (χ0v) is 31.0. The monoisotopic (exact) mass is 685 g/mol. The third kappa shape index (κ3) is 13.9. The van der Waals surface area contributed by atoms with Gasteiger partial charge in [-0.2, -0.15) is 0 Å². The van der Waals surface area contributed by atoms with Crippen LogP contribution in [0.3, 0.4) is 0 Å². The molecule has 3 rings (SSSR count). The summed E-state index contributed by atoms with van der Waals surface area (Å²) in [7, 11) is -2.97. The Hall–Kier alpha value is -2.74. The van der Waals surface area contributed by atoms with E-state index in [9.17, 15) is 10.2 Å². The second-order valence-electron chi connectivity index (χ2n) is 13.0. The molecule has 11 heteroatoms. The van der Waals surface area contributed by atoms with Crippen LogP contribution in [0.25, 0.3) is 0 Å². The van der Waals surface area contributed by atoms with E-state index < -0.39 is 28.1 Å². The Morgan fingerprint density at radius 2 is 1.05 bits per heavy atom. The molecule has 2 aromatic rings. The van der Waals surface area contributed by atoms with E-state index in [0.717, 1.165) is 68.2 Å². The first-order valence-electron chi connectivity index (χ1n) is 14.9. The van der Waals surface area contributed by atoms with Gasteiger partial charge in [0.1, 0.15) is 11.5 Å². The van der Waals surface area contributed by atoms with Crippen LogP contribution in [0.2, 0.25) is 39.3 Å². The molecule has 2 atom stereocenters. The predicted molar refractivity (Wildman–Crippen MR) is 179 cm³/mol. The van der Waals surface area contributed by atoms with Gasteiger partial charge in [-0.3, -0.25) is 9.98 Å². The SMILES string of the molecule is CC(=O)[O-].CC(=O)[O-].CCc1cc([Si](C)(C)C)cc(C=NC2CCC(N=Cc3cc([Si](C)(C)C)cc(CC)c3O)C2)c1O.[Co+2]. The summed E-state index contributed by atoms with van der Waals surface area (Å²) in [5.74, 6) is -1.43. The molecule has 1 aliphatic rings. The quantitative estimate of drug-likeness (QED) is 0.322. The third-order valence-electron chi connectivity index (χ3n) is 7.16. The van der Waals surface area contributed by atoms with Crippen molar-refractivity contribution < 1.29 is 46.8 Å². The minimum Gasteiger partial charge on any atom is -0.550 e. The molecular weight excluding hydrogens is 635 g/mol. The zero-order valence-electron chi connectivity index (χ0n) is 27.9. The molecule has 245 valence electrons. The van der Waals surface area contributed by atoms with Crippen LogP contribution in [0.1, 0.15) is 69.2 Å². The number of aliphatic carboxylic acids is 2. The summed E-state index contributed by atoms with van der Waals surface area (Å²) < 4.78 is 0. The Bertz CT molecular complexity index is 1210. The van der Waals surface area contributed by atoms with Gasteiger partial charge in [0.2, 0.25) is 0 Å². The van der Waals surface area contributed by atoms with Crippen molar-refractivity contribution in [3.63, 3.8) is 0 Å². The number of carbonyl (C=O) groups is 2. The number of aliphatic imine (C=N–C) groups is 2. The maximum Gasteiger partial charge on any atom is 2.00 e. The average molecular weight is 686 g/mol. The van der Waals surface area contributed by atoms with Gasteiger partial charge in [0.25, 0.3) is 0 Å². The Labute approximate surface area is 276 Å². The van der Waals surface area contributed by atoms with Gasteiger partial charge in [-0.25, -0.2) is 0 Å². The first-order chi connectivity index (χ1) is 19.8. The Balaban J connectivity index is 0.00000183. The largest absolute Gasteiger partial charge is 2.00 e. The van der Waals surface area contributed by atoms with Crippen molar-refractivity contribution in [3.05, 3.63) is 46.5 Å². The van der Waals surface area contributed by atoms with E-state index in [1.165, 1.54) is 10.4 Å². The molecule has 0 aliphatic heterocycles. The van der Waals surface area contributed by atoms with Crippen LogP contribution in [-0.2, 0) is 39.2 Å². The van der Waals surface area contributed by atoms with Gasteiger partial charge in [0.05, 0.1) is 28.2 Å². The number of aryl methyl sites for hydroxylation is 2. The molecule has 0 bridgehead atoms. The fraction of sp³-hybridized carbons (Fsp3) is 0.515. The zero-order chi connectivity index (χ0) is 33.1.